The summed E-state index contributed by atoms with van der Waals surface area (Å²) in [6.45, 7) is 1.94. The van der Waals surface area contributed by atoms with Crippen LogP contribution >= 0.6 is 8.69 Å². The third kappa shape index (κ3) is 5.47. The molecule has 0 aromatic carbocycles. The van der Waals surface area contributed by atoms with Crippen molar-refractivity contribution in [1.82, 2.24) is 5.32 Å². The number of nitrogens with one attached hydrogen (secondary N) is 1. The first-order valence-corrected chi connectivity index (χ1v) is 3.41. The predicted octanol–water partition coefficient (Wildman–Crippen LogP) is 0.267. The van der Waals surface area contributed by atoms with Gasteiger partial charge in [0, 0.05) is 6.54 Å². The van der Waals surface area contributed by atoms with E-state index in [4.69, 9.17) is 5.73 Å². The summed E-state index contributed by atoms with van der Waals surface area (Å²) in [6, 6.07) is -0.613. The Balaban J connectivity index is 3.29. The van der Waals surface area contributed by atoms with Crippen LogP contribution in [0.1, 0.15) is 6.92 Å². The van der Waals surface area contributed by atoms with Crippen molar-refractivity contribution in [2.45, 2.75) is 13.0 Å². The maximum absolute atomic E-state index is 10.1. The van der Waals surface area contributed by atoms with E-state index in [1.54, 1.807) is 6.92 Å². The van der Waals surface area contributed by atoms with Gasteiger partial charge in [-0.2, -0.15) is 0 Å². The van der Waals surface area contributed by atoms with Crippen molar-refractivity contribution in [3.05, 3.63) is 0 Å². The summed E-state index contributed by atoms with van der Waals surface area (Å²) in [5.74, 6) is 0. The van der Waals surface area contributed by atoms with Crippen molar-refractivity contribution >= 4 is 14.7 Å². The lowest BCUT2D eigenvalue weighted by molar-refractivity contribution is 0.225. The molecular weight excluding hydrogens is 155 g/mol. The quantitative estimate of drug-likeness (QED) is 0.585. The van der Waals surface area contributed by atoms with E-state index in [0.717, 1.165) is 0 Å². The molecule has 0 saturated carbocycles. The van der Waals surface area contributed by atoms with Crippen molar-refractivity contribution < 1.29 is 13.9 Å². The molecule has 0 aliphatic heterocycles. The molecule has 0 aromatic rings. The normalized spacial score (nSPS) is 12.9. The number of nitrogens with two attached hydrogens (primary N) is 1. The minimum atomic E-state index is -0.613. The van der Waals surface area contributed by atoms with Gasteiger partial charge in [-0.05, 0) is 6.92 Å². The Bertz CT molecular complexity index is 130. The molecule has 58 valence electrons. The fourth-order valence-corrected chi connectivity index (χ4v) is 0.577. The van der Waals surface area contributed by atoms with Gasteiger partial charge in [0.05, 0.1) is 6.10 Å². The number of hydrogen-bond acceptors (Lipinski definition) is 3. The van der Waals surface area contributed by atoms with Gasteiger partial charge in [0.2, 0.25) is 0 Å². The van der Waals surface area contributed by atoms with Crippen LogP contribution in [0, 0.1) is 0 Å². The van der Waals surface area contributed by atoms with Gasteiger partial charge in [-0.1, -0.05) is 0 Å². The fraction of sp³-hybridized carbons (Fsp3) is 0.750. The van der Waals surface area contributed by atoms with Crippen LogP contribution in [0.25, 0.3) is 0 Å². The van der Waals surface area contributed by atoms with Crippen LogP contribution < -0.4 is 11.1 Å². The topological polar surface area (TPSA) is 81.4 Å². The van der Waals surface area contributed by atoms with E-state index in [2.05, 4.69) is 9.84 Å². The molecule has 0 unspecified atom stereocenters. The van der Waals surface area contributed by atoms with E-state index in [9.17, 15) is 9.36 Å². The fourth-order valence-electron chi connectivity index (χ4n) is 0.355. The molecule has 0 radical (unpaired) electrons. The molecule has 0 aliphatic carbocycles. The summed E-state index contributed by atoms with van der Waals surface area (Å²) in [5.41, 5.74) is 4.75. The molecule has 0 spiro atoms. The minimum absolute atomic E-state index is 0.268. The molecule has 10 heavy (non-hydrogen) atoms. The van der Waals surface area contributed by atoms with E-state index in [-0.39, 0.29) is 12.6 Å². The first-order valence-electron chi connectivity index (χ1n) is 2.68. The van der Waals surface area contributed by atoms with Crippen LogP contribution in [-0.4, -0.2) is 18.7 Å². The lowest BCUT2D eigenvalue weighted by atomic mass is 10.4. The van der Waals surface area contributed by atoms with Crippen molar-refractivity contribution in [3.63, 3.8) is 0 Å². The summed E-state index contributed by atoms with van der Waals surface area (Å²) < 4.78 is 14.3. The van der Waals surface area contributed by atoms with E-state index in [0.29, 0.717) is 0 Å². The highest BCUT2D eigenvalue weighted by molar-refractivity contribution is 7.17. The first kappa shape index (κ1) is 9.33. The van der Waals surface area contributed by atoms with E-state index in [1.807, 2.05) is 0 Å². The molecule has 0 saturated heterocycles. The number of carbonyl (C=O) groups excluding carboxylic acids is 1. The Morgan fingerprint density at radius 3 is 2.90 bits per heavy atom. The average molecular weight is 164 g/mol. The summed E-state index contributed by atoms with van der Waals surface area (Å²) in [6.07, 6.45) is -0.285. The summed E-state index contributed by atoms with van der Waals surface area (Å²) in [4.78, 5) is 10.1. The van der Waals surface area contributed by atoms with Gasteiger partial charge in [-0.15, -0.1) is 0 Å². The monoisotopic (exact) mass is 164 g/mol. The first-order chi connectivity index (χ1) is 4.66. The Hall–Kier alpha value is -0.670. The second kappa shape index (κ2) is 5.14. The molecule has 0 rings (SSSR count). The van der Waals surface area contributed by atoms with Crippen LogP contribution in [-0.2, 0) is 9.09 Å². The molecule has 0 fully saturated rings. The zero-order valence-corrected chi connectivity index (χ0v) is 6.43. The van der Waals surface area contributed by atoms with Gasteiger partial charge < -0.3 is 11.1 Å². The summed E-state index contributed by atoms with van der Waals surface area (Å²) >= 11 is 0. The maximum Gasteiger partial charge on any atom is 0.327 e. The van der Waals surface area contributed by atoms with Crippen LogP contribution in [0.15, 0.2) is 0 Å². The predicted molar refractivity (Wildman–Crippen MR) is 35.7 cm³/mol. The molecule has 5 nitrogen and oxygen atoms in total. The van der Waals surface area contributed by atoms with Crippen molar-refractivity contribution in [1.29, 1.82) is 0 Å². The van der Waals surface area contributed by atoms with Crippen LogP contribution in [0.2, 0.25) is 0 Å². The molecule has 0 heterocycles. The number of urea groups is 1. The third-order valence-electron chi connectivity index (χ3n) is 0.787. The summed E-state index contributed by atoms with van der Waals surface area (Å²) in [7, 11) is -0.391. The Labute approximate surface area is 60.2 Å². The Kier molecular flexibility index (Phi) is 4.80. The van der Waals surface area contributed by atoms with Gasteiger partial charge in [0.1, 0.15) is 0 Å². The lowest BCUT2D eigenvalue weighted by Crippen LogP contribution is -2.34. The highest BCUT2D eigenvalue weighted by Crippen LogP contribution is 1.99. The Morgan fingerprint density at radius 1 is 1.90 bits per heavy atom. The van der Waals surface area contributed by atoms with Gasteiger partial charge >= 0.3 is 14.7 Å². The number of hydrogen-bond donors (Lipinski definition) is 2. The minimum Gasteiger partial charge on any atom is -0.352 e. The van der Waals surface area contributed by atoms with Crippen LogP contribution in [0.5, 0.6) is 0 Å². The Morgan fingerprint density at radius 2 is 2.50 bits per heavy atom. The van der Waals surface area contributed by atoms with Crippen molar-refractivity contribution in [2.75, 3.05) is 6.54 Å². The molecule has 6 heteroatoms. The van der Waals surface area contributed by atoms with Gasteiger partial charge in [0.15, 0.2) is 0 Å². The second-order valence-corrected chi connectivity index (χ2v) is 2.10. The standard InChI is InChI=1S/C4H9N2O3P/c1-3(9-10-8)2-6-4(5)7/h3H,2H2,1H3,(H3,5,6,7)/t3-/m0/s1. The maximum atomic E-state index is 10.1. The molecule has 0 aromatic heterocycles. The van der Waals surface area contributed by atoms with Gasteiger partial charge in [0.25, 0.3) is 0 Å². The van der Waals surface area contributed by atoms with E-state index in [1.165, 1.54) is 0 Å². The largest absolute Gasteiger partial charge is 0.352 e. The van der Waals surface area contributed by atoms with Gasteiger partial charge in [-0.3, -0.25) is 4.52 Å². The number of amides is 2. The van der Waals surface area contributed by atoms with E-state index >= 15 is 0 Å². The highest BCUT2D eigenvalue weighted by Gasteiger charge is 2.01. The SMILES string of the molecule is C[C@@H](CNC(N)=O)OP=O. The summed E-state index contributed by atoms with van der Waals surface area (Å²) in [5, 5.41) is 2.30. The molecule has 2 amide bonds. The zero-order chi connectivity index (χ0) is 7.98. The van der Waals surface area contributed by atoms with Crippen molar-refractivity contribution in [2.24, 2.45) is 5.73 Å². The molecule has 0 bridgehead atoms. The molecule has 3 N–H and O–H groups in total. The number of primary amides is 1. The lowest BCUT2D eigenvalue weighted by Gasteiger charge is -2.05. The second-order valence-electron chi connectivity index (χ2n) is 1.74. The van der Waals surface area contributed by atoms with Gasteiger partial charge in [-0.25, -0.2) is 9.36 Å². The number of rotatable bonds is 4. The smallest absolute Gasteiger partial charge is 0.327 e. The zero-order valence-electron chi connectivity index (χ0n) is 5.53. The van der Waals surface area contributed by atoms with Crippen LogP contribution in [0.3, 0.4) is 0 Å². The molecular formula is C4H9N2O3P. The van der Waals surface area contributed by atoms with E-state index < -0.39 is 14.7 Å². The third-order valence-corrected chi connectivity index (χ3v) is 1.23. The molecule has 0 aliphatic rings. The molecule has 1 atom stereocenters. The van der Waals surface area contributed by atoms with Crippen molar-refractivity contribution in [3.8, 4) is 0 Å². The highest BCUT2D eigenvalue weighted by atomic mass is 31.1. The number of carbonyl (C=O) groups is 1. The van der Waals surface area contributed by atoms with Crippen LogP contribution in [0.4, 0.5) is 4.79 Å². The average Bonchev–Trinajstić information content (AvgIpc) is 1.85.